The van der Waals surface area contributed by atoms with Crippen LogP contribution in [0.4, 0.5) is 0 Å². The zero-order chi connectivity index (χ0) is 14.5. The molecule has 0 aliphatic carbocycles. The highest BCUT2D eigenvalue weighted by atomic mass is 16.3. The van der Waals surface area contributed by atoms with Gasteiger partial charge in [0, 0.05) is 25.1 Å². The van der Waals surface area contributed by atoms with Gasteiger partial charge in [-0.1, -0.05) is 44.5 Å². The van der Waals surface area contributed by atoms with Gasteiger partial charge in [0.2, 0.25) is 0 Å². The third-order valence-corrected chi connectivity index (χ3v) is 3.95. The highest BCUT2D eigenvalue weighted by Crippen LogP contribution is 2.26. The Morgan fingerprint density at radius 3 is 2.47 bits per heavy atom. The fourth-order valence-corrected chi connectivity index (χ4v) is 2.59. The van der Waals surface area contributed by atoms with Gasteiger partial charge in [-0.05, 0) is 37.3 Å². The molecular formula is C17H29NO. The lowest BCUT2D eigenvalue weighted by Gasteiger charge is -2.28. The van der Waals surface area contributed by atoms with Gasteiger partial charge in [-0.25, -0.2) is 0 Å². The molecule has 19 heavy (non-hydrogen) atoms. The van der Waals surface area contributed by atoms with Crippen LogP contribution in [0.2, 0.25) is 0 Å². The average Bonchev–Trinajstić information content (AvgIpc) is 2.34. The van der Waals surface area contributed by atoms with Gasteiger partial charge < -0.3 is 10.4 Å². The number of rotatable bonds is 7. The molecule has 0 aromatic heterocycles. The summed E-state index contributed by atoms with van der Waals surface area (Å²) in [5.41, 5.74) is 4.20. The van der Waals surface area contributed by atoms with Crippen molar-refractivity contribution in [2.24, 2.45) is 5.92 Å². The standard InChI is InChI=1S/C17H29NO/c1-6-15(11-19)10-18-12-17(4,5)16-8-7-13(2)9-14(16)3/h7-9,15,18-19H,6,10-12H2,1-5H3. The Morgan fingerprint density at radius 2 is 1.95 bits per heavy atom. The molecule has 1 aromatic carbocycles. The Labute approximate surface area is 118 Å². The van der Waals surface area contributed by atoms with E-state index in [2.05, 4.69) is 58.1 Å². The van der Waals surface area contributed by atoms with Crippen molar-refractivity contribution in [2.75, 3.05) is 19.7 Å². The van der Waals surface area contributed by atoms with Crippen molar-refractivity contribution in [3.8, 4) is 0 Å². The van der Waals surface area contributed by atoms with E-state index >= 15 is 0 Å². The first-order chi connectivity index (χ1) is 8.90. The van der Waals surface area contributed by atoms with E-state index < -0.39 is 0 Å². The Morgan fingerprint density at radius 1 is 1.26 bits per heavy atom. The first-order valence-corrected chi connectivity index (χ1v) is 7.30. The quantitative estimate of drug-likeness (QED) is 0.792. The van der Waals surface area contributed by atoms with Gasteiger partial charge in [0.15, 0.2) is 0 Å². The van der Waals surface area contributed by atoms with E-state index in [1.807, 2.05) is 0 Å². The third kappa shape index (κ3) is 4.63. The molecule has 1 aromatic rings. The molecule has 2 heteroatoms. The molecule has 0 bridgehead atoms. The van der Waals surface area contributed by atoms with E-state index in [1.54, 1.807) is 0 Å². The van der Waals surface area contributed by atoms with Crippen LogP contribution in [-0.4, -0.2) is 24.8 Å². The second-order valence-corrected chi connectivity index (χ2v) is 6.29. The fourth-order valence-electron chi connectivity index (χ4n) is 2.59. The molecule has 0 saturated heterocycles. The molecule has 0 spiro atoms. The molecule has 0 fully saturated rings. The molecule has 1 rings (SSSR count). The summed E-state index contributed by atoms with van der Waals surface area (Å²) >= 11 is 0. The zero-order valence-corrected chi connectivity index (χ0v) is 13.1. The number of nitrogens with one attached hydrogen (secondary N) is 1. The second-order valence-electron chi connectivity index (χ2n) is 6.29. The van der Waals surface area contributed by atoms with Crippen molar-refractivity contribution in [3.63, 3.8) is 0 Å². The van der Waals surface area contributed by atoms with E-state index in [9.17, 15) is 5.11 Å². The summed E-state index contributed by atoms with van der Waals surface area (Å²) in [7, 11) is 0. The van der Waals surface area contributed by atoms with Crippen LogP contribution in [0, 0.1) is 19.8 Å². The fraction of sp³-hybridized carbons (Fsp3) is 0.647. The van der Waals surface area contributed by atoms with Crippen LogP contribution in [0.15, 0.2) is 18.2 Å². The van der Waals surface area contributed by atoms with E-state index in [0.717, 1.165) is 19.5 Å². The zero-order valence-electron chi connectivity index (χ0n) is 13.1. The van der Waals surface area contributed by atoms with Crippen LogP contribution < -0.4 is 5.32 Å². The maximum Gasteiger partial charge on any atom is 0.0471 e. The summed E-state index contributed by atoms with van der Waals surface area (Å²) in [6.07, 6.45) is 1.02. The number of aliphatic hydroxyl groups excluding tert-OH is 1. The average molecular weight is 263 g/mol. The van der Waals surface area contributed by atoms with Crippen LogP contribution in [0.5, 0.6) is 0 Å². The Bertz CT molecular complexity index is 394. The van der Waals surface area contributed by atoms with Gasteiger partial charge in [-0.2, -0.15) is 0 Å². The molecular weight excluding hydrogens is 234 g/mol. The minimum Gasteiger partial charge on any atom is -0.396 e. The summed E-state index contributed by atoms with van der Waals surface area (Å²) in [5, 5.41) is 12.7. The monoisotopic (exact) mass is 263 g/mol. The van der Waals surface area contributed by atoms with Crippen molar-refractivity contribution in [3.05, 3.63) is 34.9 Å². The van der Waals surface area contributed by atoms with Crippen molar-refractivity contribution in [2.45, 2.75) is 46.5 Å². The summed E-state index contributed by atoms with van der Waals surface area (Å²) < 4.78 is 0. The molecule has 0 amide bonds. The first-order valence-electron chi connectivity index (χ1n) is 7.30. The Kier molecular flexibility index (Phi) is 6.02. The van der Waals surface area contributed by atoms with Crippen LogP contribution in [0.1, 0.15) is 43.9 Å². The maximum atomic E-state index is 9.21. The predicted molar refractivity (Wildman–Crippen MR) is 82.7 cm³/mol. The molecule has 1 atom stereocenters. The lowest BCUT2D eigenvalue weighted by molar-refractivity contribution is 0.216. The van der Waals surface area contributed by atoms with Crippen LogP contribution >= 0.6 is 0 Å². The number of aliphatic hydroxyl groups is 1. The highest BCUT2D eigenvalue weighted by Gasteiger charge is 2.22. The largest absolute Gasteiger partial charge is 0.396 e. The summed E-state index contributed by atoms with van der Waals surface area (Å²) in [6.45, 7) is 13.1. The molecule has 0 radical (unpaired) electrons. The summed E-state index contributed by atoms with van der Waals surface area (Å²) in [4.78, 5) is 0. The number of hydrogen-bond donors (Lipinski definition) is 2. The Hall–Kier alpha value is -0.860. The summed E-state index contributed by atoms with van der Waals surface area (Å²) in [6, 6.07) is 6.68. The lowest BCUT2D eigenvalue weighted by Crippen LogP contribution is -2.36. The molecule has 0 heterocycles. The molecule has 1 unspecified atom stereocenters. The predicted octanol–water partition coefficient (Wildman–Crippen LogP) is 3.19. The van der Waals surface area contributed by atoms with Gasteiger partial charge in [0.05, 0.1) is 0 Å². The second kappa shape index (κ2) is 7.06. The maximum absolute atomic E-state index is 9.21. The Balaban J connectivity index is 2.65. The van der Waals surface area contributed by atoms with Gasteiger partial charge >= 0.3 is 0 Å². The molecule has 0 saturated carbocycles. The molecule has 2 nitrogen and oxygen atoms in total. The van der Waals surface area contributed by atoms with Crippen molar-refractivity contribution in [1.29, 1.82) is 0 Å². The minimum atomic E-state index is 0.117. The molecule has 108 valence electrons. The van der Waals surface area contributed by atoms with Gasteiger partial charge in [-0.3, -0.25) is 0 Å². The summed E-state index contributed by atoms with van der Waals surface area (Å²) in [5.74, 6) is 0.370. The topological polar surface area (TPSA) is 32.3 Å². The number of hydrogen-bond acceptors (Lipinski definition) is 2. The van der Waals surface area contributed by atoms with Crippen molar-refractivity contribution < 1.29 is 5.11 Å². The van der Waals surface area contributed by atoms with E-state index in [4.69, 9.17) is 0 Å². The third-order valence-electron chi connectivity index (χ3n) is 3.95. The number of benzene rings is 1. The molecule has 0 aliphatic heterocycles. The van der Waals surface area contributed by atoms with Gasteiger partial charge in [0.1, 0.15) is 0 Å². The van der Waals surface area contributed by atoms with Crippen LogP contribution in [-0.2, 0) is 5.41 Å². The first kappa shape index (κ1) is 16.2. The van der Waals surface area contributed by atoms with Gasteiger partial charge in [-0.15, -0.1) is 0 Å². The van der Waals surface area contributed by atoms with E-state index in [-0.39, 0.29) is 12.0 Å². The smallest absolute Gasteiger partial charge is 0.0471 e. The van der Waals surface area contributed by atoms with E-state index in [0.29, 0.717) is 5.92 Å². The molecule has 0 aliphatic rings. The van der Waals surface area contributed by atoms with E-state index in [1.165, 1.54) is 16.7 Å². The van der Waals surface area contributed by atoms with Crippen molar-refractivity contribution >= 4 is 0 Å². The SMILES string of the molecule is CCC(CO)CNCC(C)(C)c1ccc(C)cc1C. The minimum absolute atomic E-state index is 0.117. The lowest BCUT2D eigenvalue weighted by atomic mass is 9.81. The van der Waals surface area contributed by atoms with Crippen molar-refractivity contribution in [1.82, 2.24) is 5.32 Å². The van der Waals surface area contributed by atoms with Gasteiger partial charge in [0.25, 0.3) is 0 Å². The van der Waals surface area contributed by atoms with Crippen LogP contribution in [0.25, 0.3) is 0 Å². The highest BCUT2D eigenvalue weighted by molar-refractivity contribution is 5.35. The molecule has 2 N–H and O–H groups in total. The van der Waals surface area contributed by atoms with Crippen LogP contribution in [0.3, 0.4) is 0 Å². The normalized spacial score (nSPS) is 13.6. The number of aryl methyl sites for hydroxylation is 2.